The van der Waals surface area contributed by atoms with E-state index in [-0.39, 0.29) is 5.91 Å². The summed E-state index contributed by atoms with van der Waals surface area (Å²) in [5, 5.41) is 4.89. The number of nitrogens with one attached hydrogen (secondary N) is 1. The van der Waals surface area contributed by atoms with Gasteiger partial charge in [-0.2, -0.15) is 0 Å². The monoisotopic (exact) mass is 366 g/mol. The van der Waals surface area contributed by atoms with Crippen LogP contribution in [0.2, 0.25) is 0 Å². The molecule has 4 nitrogen and oxygen atoms in total. The summed E-state index contributed by atoms with van der Waals surface area (Å²) in [7, 11) is 0. The lowest BCUT2D eigenvalue weighted by Crippen LogP contribution is -2.29. The van der Waals surface area contributed by atoms with Gasteiger partial charge in [-0.05, 0) is 49.2 Å². The van der Waals surface area contributed by atoms with E-state index in [9.17, 15) is 4.79 Å². The first kappa shape index (κ1) is 18.3. The molecule has 0 aliphatic carbocycles. The largest absolute Gasteiger partial charge is 0.492 e. The minimum atomic E-state index is -0.0181. The SMILES string of the molecule is Cc1cccc(OCCNC(=O)CSc2cc(C)c3ccccc3n2)c1. The van der Waals surface area contributed by atoms with Gasteiger partial charge < -0.3 is 10.1 Å². The molecule has 0 saturated heterocycles. The van der Waals surface area contributed by atoms with Crippen molar-refractivity contribution < 1.29 is 9.53 Å². The minimum Gasteiger partial charge on any atom is -0.492 e. The van der Waals surface area contributed by atoms with E-state index in [4.69, 9.17) is 4.74 Å². The summed E-state index contributed by atoms with van der Waals surface area (Å²) >= 11 is 1.45. The van der Waals surface area contributed by atoms with Gasteiger partial charge >= 0.3 is 0 Å². The third-order valence-electron chi connectivity index (χ3n) is 3.93. The molecular weight excluding hydrogens is 344 g/mol. The summed E-state index contributed by atoms with van der Waals surface area (Å²) in [6.45, 7) is 5.02. The Morgan fingerprint density at radius 2 is 1.96 bits per heavy atom. The van der Waals surface area contributed by atoms with Crippen molar-refractivity contribution in [2.24, 2.45) is 0 Å². The number of ether oxygens (including phenoxy) is 1. The minimum absolute atomic E-state index is 0.0181. The van der Waals surface area contributed by atoms with Crippen molar-refractivity contribution in [3.8, 4) is 5.75 Å². The van der Waals surface area contributed by atoms with Crippen LogP contribution in [0.15, 0.2) is 59.6 Å². The van der Waals surface area contributed by atoms with Gasteiger partial charge in [-0.3, -0.25) is 4.79 Å². The molecule has 0 aliphatic rings. The Morgan fingerprint density at radius 1 is 1.12 bits per heavy atom. The van der Waals surface area contributed by atoms with Crippen molar-refractivity contribution in [2.45, 2.75) is 18.9 Å². The fraction of sp³-hybridized carbons (Fsp3) is 0.238. The van der Waals surface area contributed by atoms with E-state index in [0.717, 1.165) is 27.2 Å². The molecule has 3 rings (SSSR count). The Kier molecular flexibility index (Phi) is 6.12. The van der Waals surface area contributed by atoms with Crippen LogP contribution in [0.4, 0.5) is 0 Å². The van der Waals surface area contributed by atoms with Crippen molar-refractivity contribution in [1.29, 1.82) is 0 Å². The zero-order chi connectivity index (χ0) is 18.4. The highest BCUT2D eigenvalue weighted by Crippen LogP contribution is 2.23. The maximum absolute atomic E-state index is 12.0. The van der Waals surface area contributed by atoms with Gasteiger partial charge in [-0.15, -0.1) is 0 Å². The number of benzene rings is 2. The highest BCUT2D eigenvalue weighted by Gasteiger charge is 2.06. The maximum atomic E-state index is 12.0. The molecule has 0 aliphatic heterocycles. The third-order valence-corrected chi connectivity index (χ3v) is 4.84. The molecule has 0 unspecified atom stereocenters. The highest BCUT2D eigenvalue weighted by molar-refractivity contribution is 7.99. The summed E-state index contributed by atoms with van der Waals surface area (Å²) < 4.78 is 5.63. The van der Waals surface area contributed by atoms with Crippen molar-refractivity contribution >= 4 is 28.6 Å². The number of aromatic nitrogens is 1. The molecule has 1 N–H and O–H groups in total. The summed E-state index contributed by atoms with van der Waals surface area (Å²) in [5.74, 6) is 1.15. The summed E-state index contributed by atoms with van der Waals surface area (Å²) in [4.78, 5) is 16.6. The molecule has 1 heterocycles. The molecule has 0 fully saturated rings. The molecule has 1 aromatic heterocycles. The van der Waals surface area contributed by atoms with Gasteiger partial charge in [0.05, 0.1) is 22.8 Å². The van der Waals surface area contributed by atoms with Crippen LogP contribution in [0.25, 0.3) is 10.9 Å². The van der Waals surface area contributed by atoms with Gasteiger partial charge in [0.2, 0.25) is 5.91 Å². The van der Waals surface area contributed by atoms with Crippen LogP contribution in [-0.2, 0) is 4.79 Å². The van der Waals surface area contributed by atoms with Gasteiger partial charge in [0.25, 0.3) is 0 Å². The van der Waals surface area contributed by atoms with Crippen LogP contribution < -0.4 is 10.1 Å². The Morgan fingerprint density at radius 3 is 2.81 bits per heavy atom. The molecule has 134 valence electrons. The Labute approximate surface area is 158 Å². The second-order valence-corrected chi connectivity index (χ2v) is 7.09. The first-order valence-corrected chi connectivity index (χ1v) is 9.56. The molecule has 0 bridgehead atoms. The number of fused-ring (bicyclic) bond motifs is 1. The van der Waals surface area contributed by atoms with Crippen LogP contribution in [0.1, 0.15) is 11.1 Å². The zero-order valence-electron chi connectivity index (χ0n) is 15.0. The zero-order valence-corrected chi connectivity index (χ0v) is 15.8. The molecule has 0 saturated carbocycles. The fourth-order valence-corrected chi connectivity index (χ4v) is 3.45. The Bertz CT molecular complexity index is 911. The molecule has 5 heteroatoms. The first-order chi connectivity index (χ1) is 12.6. The number of aryl methyl sites for hydroxylation is 2. The van der Waals surface area contributed by atoms with Crippen LogP contribution >= 0.6 is 11.8 Å². The molecule has 1 amide bonds. The average molecular weight is 366 g/mol. The van der Waals surface area contributed by atoms with Gasteiger partial charge in [-0.25, -0.2) is 4.98 Å². The van der Waals surface area contributed by atoms with Gasteiger partial charge in [0.1, 0.15) is 12.4 Å². The molecular formula is C21H22N2O2S. The normalized spacial score (nSPS) is 10.7. The van der Waals surface area contributed by atoms with Crippen molar-refractivity contribution in [3.05, 3.63) is 65.7 Å². The number of carbonyl (C=O) groups is 1. The number of carbonyl (C=O) groups excluding carboxylic acids is 1. The predicted molar refractivity (Wildman–Crippen MR) is 107 cm³/mol. The smallest absolute Gasteiger partial charge is 0.230 e. The number of para-hydroxylation sites is 1. The van der Waals surface area contributed by atoms with E-state index in [1.54, 1.807) is 0 Å². The summed E-state index contributed by atoms with van der Waals surface area (Å²) in [5.41, 5.74) is 3.29. The van der Waals surface area contributed by atoms with E-state index >= 15 is 0 Å². The number of hydrogen-bond donors (Lipinski definition) is 1. The number of hydrogen-bond acceptors (Lipinski definition) is 4. The number of rotatable bonds is 7. The average Bonchev–Trinajstić information content (AvgIpc) is 2.64. The van der Waals surface area contributed by atoms with Crippen LogP contribution in [-0.4, -0.2) is 29.8 Å². The Hall–Kier alpha value is -2.53. The number of nitrogens with zero attached hydrogens (tertiary/aromatic N) is 1. The lowest BCUT2D eigenvalue weighted by molar-refractivity contribution is -0.118. The van der Waals surface area contributed by atoms with E-state index in [1.165, 1.54) is 17.3 Å². The predicted octanol–water partition coefficient (Wildman–Crippen LogP) is 4.14. The van der Waals surface area contributed by atoms with Crippen LogP contribution in [0.5, 0.6) is 5.75 Å². The first-order valence-electron chi connectivity index (χ1n) is 8.57. The molecule has 26 heavy (non-hydrogen) atoms. The highest BCUT2D eigenvalue weighted by atomic mass is 32.2. The topological polar surface area (TPSA) is 51.2 Å². The van der Waals surface area contributed by atoms with Crippen molar-refractivity contribution in [1.82, 2.24) is 10.3 Å². The molecule has 0 atom stereocenters. The molecule has 0 spiro atoms. The second kappa shape index (κ2) is 8.72. The van der Waals surface area contributed by atoms with Gasteiger partial charge in [-0.1, -0.05) is 42.1 Å². The lowest BCUT2D eigenvalue weighted by Gasteiger charge is -2.09. The van der Waals surface area contributed by atoms with E-state index in [1.807, 2.05) is 55.5 Å². The van der Waals surface area contributed by atoms with Crippen molar-refractivity contribution in [3.63, 3.8) is 0 Å². The van der Waals surface area contributed by atoms with Gasteiger partial charge in [0.15, 0.2) is 0 Å². The Balaban J connectivity index is 1.44. The quantitative estimate of drug-likeness (QED) is 0.504. The number of thioether (sulfide) groups is 1. The summed E-state index contributed by atoms with van der Waals surface area (Å²) in [6, 6.07) is 17.9. The van der Waals surface area contributed by atoms with E-state index < -0.39 is 0 Å². The van der Waals surface area contributed by atoms with Crippen LogP contribution in [0, 0.1) is 13.8 Å². The fourth-order valence-electron chi connectivity index (χ4n) is 2.65. The maximum Gasteiger partial charge on any atom is 0.230 e. The second-order valence-electron chi connectivity index (χ2n) is 6.10. The standard InChI is InChI=1S/C21H22N2O2S/c1-15-6-5-7-17(12-15)25-11-10-22-20(24)14-26-21-13-16(2)18-8-3-4-9-19(18)23-21/h3-9,12-13H,10-11,14H2,1-2H3,(H,22,24). The third kappa shape index (κ3) is 4.99. The van der Waals surface area contributed by atoms with Gasteiger partial charge in [0, 0.05) is 5.39 Å². The lowest BCUT2D eigenvalue weighted by atomic mass is 10.1. The number of pyridine rings is 1. The van der Waals surface area contributed by atoms with Crippen molar-refractivity contribution in [2.75, 3.05) is 18.9 Å². The van der Waals surface area contributed by atoms with E-state index in [2.05, 4.69) is 23.3 Å². The van der Waals surface area contributed by atoms with Crippen LogP contribution in [0.3, 0.4) is 0 Å². The molecule has 3 aromatic rings. The molecule has 2 aromatic carbocycles. The van der Waals surface area contributed by atoms with E-state index in [0.29, 0.717) is 18.9 Å². The number of amides is 1. The summed E-state index contributed by atoms with van der Waals surface area (Å²) in [6.07, 6.45) is 0. The molecule has 0 radical (unpaired) electrons.